The Bertz CT molecular complexity index is 1220. The van der Waals surface area contributed by atoms with Crippen LogP contribution >= 0.6 is 11.3 Å². The van der Waals surface area contributed by atoms with Crippen molar-refractivity contribution < 1.29 is 18.3 Å². The number of anilines is 1. The van der Waals surface area contributed by atoms with Crippen molar-refractivity contribution in [2.45, 2.75) is 20.4 Å². The number of halogens is 2. The van der Waals surface area contributed by atoms with Crippen molar-refractivity contribution in [2.24, 2.45) is 0 Å². The zero-order chi connectivity index (χ0) is 22.0. The van der Waals surface area contributed by atoms with E-state index >= 15 is 0 Å². The lowest BCUT2D eigenvalue weighted by atomic mass is 10.2. The summed E-state index contributed by atoms with van der Waals surface area (Å²) < 4.78 is 41.0. The standard InChI is InChI=1S/C22H22F2N4O2S/c1-4-30-14-8-19(31-11-14)17-10-20(27-12-26-17)25-5-6-28-13(2)7-15-18(29-3)9-16(23)21(24)22(15)28/h7-12H,4-6H2,1-3H3,(H,25,26,27). The Morgan fingerprint density at radius 3 is 2.77 bits per heavy atom. The fourth-order valence-corrected chi connectivity index (χ4v) is 4.30. The second-order valence-electron chi connectivity index (χ2n) is 6.87. The van der Waals surface area contributed by atoms with Gasteiger partial charge in [0.1, 0.15) is 23.6 Å². The van der Waals surface area contributed by atoms with Crippen LogP contribution in [0.1, 0.15) is 12.6 Å². The average Bonchev–Trinajstić information content (AvgIpc) is 3.36. The Morgan fingerprint density at radius 2 is 2.00 bits per heavy atom. The van der Waals surface area contributed by atoms with Crippen LogP contribution in [0.5, 0.6) is 11.5 Å². The lowest BCUT2D eigenvalue weighted by Crippen LogP contribution is -2.13. The molecule has 0 unspecified atom stereocenters. The van der Waals surface area contributed by atoms with E-state index in [9.17, 15) is 8.78 Å². The van der Waals surface area contributed by atoms with Crippen LogP contribution < -0.4 is 14.8 Å². The van der Waals surface area contributed by atoms with Gasteiger partial charge in [-0.15, -0.1) is 11.3 Å². The Morgan fingerprint density at radius 1 is 1.16 bits per heavy atom. The number of aromatic nitrogens is 3. The first-order valence-corrected chi connectivity index (χ1v) is 10.7. The van der Waals surface area contributed by atoms with Crippen LogP contribution in [-0.4, -0.2) is 34.8 Å². The number of aryl methyl sites for hydroxylation is 1. The molecule has 9 heteroatoms. The van der Waals surface area contributed by atoms with Crippen LogP contribution in [0.25, 0.3) is 21.5 Å². The Kier molecular flexibility index (Phi) is 6.03. The molecule has 3 heterocycles. The summed E-state index contributed by atoms with van der Waals surface area (Å²) in [5.41, 5.74) is 1.79. The van der Waals surface area contributed by atoms with Gasteiger partial charge in [-0.3, -0.25) is 0 Å². The number of hydrogen-bond acceptors (Lipinski definition) is 6. The molecule has 0 spiro atoms. The van der Waals surface area contributed by atoms with E-state index in [0.717, 1.165) is 28.1 Å². The van der Waals surface area contributed by atoms with E-state index < -0.39 is 11.6 Å². The highest BCUT2D eigenvalue weighted by Gasteiger charge is 2.18. The summed E-state index contributed by atoms with van der Waals surface area (Å²) in [6, 6.07) is 6.67. The largest absolute Gasteiger partial charge is 0.496 e. The SMILES string of the molecule is CCOc1csc(-c2cc(NCCn3c(C)cc4c(OC)cc(F)c(F)c43)ncn2)c1. The third-order valence-corrected chi connectivity index (χ3v) is 5.84. The third kappa shape index (κ3) is 4.18. The molecule has 1 aromatic carbocycles. The molecule has 0 aliphatic rings. The topological polar surface area (TPSA) is 61.2 Å². The Hall–Kier alpha value is -3.20. The van der Waals surface area contributed by atoms with Crippen molar-refractivity contribution in [3.63, 3.8) is 0 Å². The highest BCUT2D eigenvalue weighted by atomic mass is 32.1. The number of ether oxygens (including phenoxy) is 2. The second-order valence-corrected chi connectivity index (χ2v) is 7.78. The number of rotatable bonds is 8. The lowest BCUT2D eigenvalue weighted by molar-refractivity contribution is 0.342. The Labute approximate surface area is 182 Å². The monoisotopic (exact) mass is 444 g/mol. The molecule has 0 aliphatic heterocycles. The maximum absolute atomic E-state index is 14.5. The number of fused-ring (bicyclic) bond motifs is 1. The minimum Gasteiger partial charge on any atom is -0.496 e. The van der Waals surface area contributed by atoms with E-state index in [1.165, 1.54) is 13.4 Å². The fraction of sp³-hybridized carbons (Fsp3) is 0.273. The molecule has 0 fully saturated rings. The van der Waals surface area contributed by atoms with E-state index in [1.807, 2.05) is 31.4 Å². The molecule has 0 saturated heterocycles. The Balaban J connectivity index is 1.52. The number of thiophene rings is 1. The van der Waals surface area contributed by atoms with Crippen molar-refractivity contribution in [3.8, 4) is 22.1 Å². The quantitative estimate of drug-likeness (QED) is 0.401. The predicted octanol–water partition coefficient (Wildman–Crippen LogP) is 5.27. The molecule has 0 bridgehead atoms. The van der Waals surface area contributed by atoms with E-state index in [2.05, 4.69) is 15.3 Å². The smallest absolute Gasteiger partial charge is 0.183 e. The van der Waals surface area contributed by atoms with Gasteiger partial charge in [-0.2, -0.15) is 0 Å². The van der Waals surface area contributed by atoms with Crippen LogP contribution in [0.4, 0.5) is 14.6 Å². The van der Waals surface area contributed by atoms with Gasteiger partial charge >= 0.3 is 0 Å². The van der Waals surface area contributed by atoms with Crippen molar-refractivity contribution in [1.29, 1.82) is 0 Å². The summed E-state index contributed by atoms with van der Waals surface area (Å²) in [5, 5.41) is 5.72. The van der Waals surface area contributed by atoms with Crippen molar-refractivity contribution in [3.05, 3.63) is 53.3 Å². The van der Waals surface area contributed by atoms with Crippen LogP contribution in [0.15, 0.2) is 36.0 Å². The summed E-state index contributed by atoms with van der Waals surface area (Å²) in [6.45, 7) is 5.29. The van der Waals surface area contributed by atoms with Gasteiger partial charge < -0.3 is 19.4 Å². The molecular formula is C22H22F2N4O2S. The minimum atomic E-state index is -0.931. The summed E-state index contributed by atoms with van der Waals surface area (Å²) in [4.78, 5) is 9.57. The molecule has 0 saturated carbocycles. The summed E-state index contributed by atoms with van der Waals surface area (Å²) in [5.74, 6) is -0.0352. The molecular weight excluding hydrogens is 422 g/mol. The molecule has 31 heavy (non-hydrogen) atoms. The maximum Gasteiger partial charge on any atom is 0.183 e. The summed E-state index contributed by atoms with van der Waals surface area (Å²) >= 11 is 1.55. The van der Waals surface area contributed by atoms with Gasteiger partial charge in [-0.05, 0) is 19.9 Å². The normalized spacial score (nSPS) is 11.1. The van der Waals surface area contributed by atoms with Gasteiger partial charge in [0.2, 0.25) is 0 Å². The highest BCUT2D eigenvalue weighted by Crippen LogP contribution is 2.33. The van der Waals surface area contributed by atoms with E-state index in [1.54, 1.807) is 22.0 Å². The highest BCUT2D eigenvalue weighted by molar-refractivity contribution is 7.13. The lowest BCUT2D eigenvalue weighted by Gasteiger charge is -2.12. The van der Waals surface area contributed by atoms with Gasteiger partial charge in [0.05, 0.1) is 29.8 Å². The number of hydrogen-bond donors (Lipinski definition) is 1. The van der Waals surface area contributed by atoms with Crippen LogP contribution in [0, 0.1) is 18.6 Å². The van der Waals surface area contributed by atoms with Crippen molar-refractivity contribution in [2.75, 3.05) is 25.6 Å². The zero-order valence-corrected chi connectivity index (χ0v) is 18.2. The average molecular weight is 445 g/mol. The third-order valence-electron chi connectivity index (χ3n) is 4.91. The summed E-state index contributed by atoms with van der Waals surface area (Å²) in [6.07, 6.45) is 1.49. The van der Waals surface area contributed by atoms with Crippen LogP contribution in [-0.2, 0) is 6.54 Å². The van der Waals surface area contributed by atoms with Gasteiger partial charge in [0, 0.05) is 47.7 Å². The molecule has 0 amide bonds. The first-order valence-electron chi connectivity index (χ1n) is 9.81. The zero-order valence-electron chi connectivity index (χ0n) is 17.4. The number of benzene rings is 1. The fourth-order valence-electron chi connectivity index (χ4n) is 3.51. The predicted molar refractivity (Wildman–Crippen MR) is 118 cm³/mol. The minimum absolute atomic E-state index is 0.196. The molecule has 4 rings (SSSR count). The van der Waals surface area contributed by atoms with Crippen LogP contribution in [0.2, 0.25) is 0 Å². The molecule has 0 atom stereocenters. The number of nitrogens with one attached hydrogen (secondary N) is 1. The first-order chi connectivity index (χ1) is 15.0. The molecule has 4 aromatic rings. The molecule has 3 aromatic heterocycles. The van der Waals surface area contributed by atoms with E-state index in [0.29, 0.717) is 36.6 Å². The van der Waals surface area contributed by atoms with Gasteiger partial charge in [0.25, 0.3) is 0 Å². The molecule has 162 valence electrons. The first kappa shape index (κ1) is 21.0. The number of nitrogens with zero attached hydrogens (tertiary/aromatic N) is 3. The second kappa shape index (κ2) is 8.89. The molecule has 1 N–H and O–H groups in total. The molecule has 0 radical (unpaired) electrons. The maximum atomic E-state index is 14.5. The van der Waals surface area contributed by atoms with Crippen LogP contribution in [0.3, 0.4) is 0 Å². The van der Waals surface area contributed by atoms with Crippen molar-refractivity contribution in [1.82, 2.24) is 14.5 Å². The van der Waals surface area contributed by atoms with Gasteiger partial charge in [0.15, 0.2) is 11.6 Å². The number of methoxy groups -OCH3 is 1. The van der Waals surface area contributed by atoms with Crippen molar-refractivity contribution >= 4 is 28.1 Å². The van der Waals surface area contributed by atoms with E-state index in [-0.39, 0.29) is 5.52 Å². The van der Waals surface area contributed by atoms with E-state index in [4.69, 9.17) is 9.47 Å². The summed E-state index contributed by atoms with van der Waals surface area (Å²) in [7, 11) is 1.44. The van der Waals surface area contributed by atoms with Gasteiger partial charge in [-0.25, -0.2) is 18.7 Å². The van der Waals surface area contributed by atoms with Gasteiger partial charge in [-0.1, -0.05) is 0 Å². The molecule has 0 aliphatic carbocycles. The molecule has 6 nitrogen and oxygen atoms in total.